The van der Waals surface area contributed by atoms with Gasteiger partial charge in [0.25, 0.3) is 0 Å². The summed E-state index contributed by atoms with van der Waals surface area (Å²) in [6, 6.07) is 5.03. The van der Waals surface area contributed by atoms with Crippen molar-refractivity contribution in [1.29, 1.82) is 0 Å². The number of nitrogens with two attached hydrogens (primary N) is 1. The highest BCUT2D eigenvalue weighted by atomic mass is 16.5. The number of hydrogen-bond acceptors (Lipinski definition) is 5. The molecular weight excluding hydrogens is 256 g/mol. The van der Waals surface area contributed by atoms with Crippen LogP contribution in [0.15, 0.2) is 30.6 Å². The molecule has 106 valence electrons. The summed E-state index contributed by atoms with van der Waals surface area (Å²) in [6.07, 6.45) is 3.69. The second-order valence-electron chi connectivity index (χ2n) is 4.39. The summed E-state index contributed by atoms with van der Waals surface area (Å²) in [6.45, 7) is 3.41. The first-order valence-corrected chi connectivity index (χ1v) is 6.31. The number of ether oxygens (including phenoxy) is 1. The molecule has 6 nitrogen and oxygen atoms in total. The lowest BCUT2D eigenvalue weighted by Gasteiger charge is -2.11. The molecule has 0 fully saturated rings. The Kier molecular flexibility index (Phi) is 4.24. The van der Waals surface area contributed by atoms with Gasteiger partial charge in [0.1, 0.15) is 5.82 Å². The van der Waals surface area contributed by atoms with E-state index in [2.05, 4.69) is 10.3 Å². The third-order valence-electron chi connectivity index (χ3n) is 3.07. The number of benzene rings is 1. The molecule has 3 N–H and O–H groups in total. The number of nitrogens with zero attached hydrogens (tertiary/aromatic N) is 2. The number of anilines is 2. The first kappa shape index (κ1) is 13.9. The topological polar surface area (TPSA) is 82.2 Å². The van der Waals surface area contributed by atoms with E-state index >= 15 is 0 Å². The van der Waals surface area contributed by atoms with Gasteiger partial charge in [0, 0.05) is 25.5 Å². The molecule has 0 radical (unpaired) electrons. The Morgan fingerprint density at radius 2 is 2.30 bits per heavy atom. The molecule has 0 aliphatic carbocycles. The van der Waals surface area contributed by atoms with Crippen LogP contribution < -0.4 is 11.1 Å². The number of rotatable bonds is 5. The molecule has 0 unspecified atom stereocenters. The standard InChI is InChI=1S/C14H18N4O2/c1-10-16-5-7-18(10)8-6-17-13-9-11(14(19)20-2)3-4-12(13)15/h3-5,7,9,17H,6,8,15H2,1-2H3. The first-order chi connectivity index (χ1) is 9.61. The zero-order chi connectivity index (χ0) is 14.5. The Labute approximate surface area is 117 Å². The van der Waals surface area contributed by atoms with E-state index in [4.69, 9.17) is 10.5 Å². The van der Waals surface area contributed by atoms with Crippen LogP contribution in [0.2, 0.25) is 0 Å². The second kappa shape index (κ2) is 6.10. The van der Waals surface area contributed by atoms with E-state index in [-0.39, 0.29) is 5.97 Å². The number of aryl methyl sites for hydroxylation is 1. The maximum atomic E-state index is 11.5. The summed E-state index contributed by atoms with van der Waals surface area (Å²) in [5, 5.41) is 3.22. The van der Waals surface area contributed by atoms with Crippen LogP contribution in [-0.2, 0) is 11.3 Å². The van der Waals surface area contributed by atoms with Crippen LogP contribution in [0.25, 0.3) is 0 Å². The van der Waals surface area contributed by atoms with E-state index in [9.17, 15) is 4.79 Å². The van der Waals surface area contributed by atoms with Crippen molar-refractivity contribution in [3.8, 4) is 0 Å². The summed E-state index contributed by atoms with van der Waals surface area (Å²) in [4.78, 5) is 15.6. The van der Waals surface area contributed by atoms with E-state index in [1.54, 1.807) is 24.4 Å². The fourth-order valence-electron chi connectivity index (χ4n) is 1.91. The van der Waals surface area contributed by atoms with Crippen molar-refractivity contribution in [2.45, 2.75) is 13.5 Å². The zero-order valence-electron chi connectivity index (χ0n) is 11.6. The lowest BCUT2D eigenvalue weighted by Crippen LogP contribution is -2.13. The van der Waals surface area contributed by atoms with Crippen LogP contribution in [0.3, 0.4) is 0 Å². The van der Waals surface area contributed by atoms with Crippen LogP contribution in [0.5, 0.6) is 0 Å². The van der Waals surface area contributed by atoms with Gasteiger partial charge in [-0.2, -0.15) is 0 Å². The molecule has 0 atom stereocenters. The van der Waals surface area contributed by atoms with Gasteiger partial charge in [-0.25, -0.2) is 9.78 Å². The van der Waals surface area contributed by atoms with Crippen LogP contribution >= 0.6 is 0 Å². The number of methoxy groups -OCH3 is 1. The van der Waals surface area contributed by atoms with Gasteiger partial charge in [-0.05, 0) is 25.1 Å². The molecule has 0 saturated carbocycles. The number of hydrogen-bond donors (Lipinski definition) is 2. The Morgan fingerprint density at radius 3 is 2.95 bits per heavy atom. The van der Waals surface area contributed by atoms with Gasteiger partial charge in [-0.1, -0.05) is 0 Å². The number of carbonyl (C=O) groups excluding carboxylic acids is 1. The van der Waals surface area contributed by atoms with E-state index in [1.165, 1.54) is 7.11 Å². The number of nitrogen functional groups attached to an aromatic ring is 1. The lowest BCUT2D eigenvalue weighted by atomic mass is 10.1. The minimum absolute atomic E-state index is 0.376. The SMILES string of the molecule is COC(=O)c1ccc(N)c(NCCn2ccnc2C)c1. The van der Waals surface area contributed by atoms with E-state index in [1.807, 2.05) is 17.7 Å². The number of imidazole rings is 1. The molecule has 1 aromatic heterocycles. The van der Waals surface area contributed by atoms with Gasteiger partial charge in [-0.3, -0.25) is 0 Å². The van der Waals surface area contributed by atoms with Gasteiger partial charge in [0.05, 0.1) is 24.0 Å². The number of esters is 1. The van der Waals surface area contributed by atoms with Gasteiger partial charge in [0.15, 0.2) is 0 Å². The van der Waals surface area contributed by atoms with Gasteiger partial charge in [0.2, 0.25) is 0 Å². The Balaban J connectivity index is 2.02. The molecule has 2 aromatic rings. The van der Waals surface area contributed by atoms with Crippen molar-refractivity contribution in [1.82, 2.24) is 9.55 Å². The second-order valence-corrected chi connectivity index (χ2v) is 4.39. The van der Waals surface area contributed by atoms with E-state index in [0.29, 0.717) is 17.8 Å². The molecule has 1 heterocycles. The first-order valence-electron chi connectivity index (χ1n) is 6.31. The summed E-state index contributed by atoms with van der Waals surface area (Å²) in [5.41, 5.74) is 7.69. The predicted molar refractivity (Wildman–Crippen MR) is 77.6 cm³/mol. The average Bonchev–Trinajstić information content (AvgIpc) is 2.85. The Bertz CT molecular complexity index is 607. The maximum Gasteiger partial charge on any atom is 0.337 e. The molecule has 0 spiro atoms. The minimum Gasteiger partial charge on any atom is -0.465 e. The molecule has 1 aromatic carbocycles. The normalized spacial score (nSPS) is 10.3. The van der Waals surface area contributed by atoms with Crippen molar-refractivity contribution >= 4 is 17.3 Å². The van der Waals surface area contributed by atoms with Gasteiger partial charge >= 0.3 is 5.97 Å². The lowest BCUT2D eigenvalue weighted by molar-refractivity contribution is 0.0601. The maximum absolute atomic E-state index is 11.5. The molecule has 6 heteroatoms. The molecule has 20 heavy (non-hydrogen) atoms. The third-order valence-corrected chi connectivity index (χ3v) is 3.07. The molecule has 2 rings (SSSR count). The highest BCUT2D eigenvalue weighted by Crippen LogP contribution is 2.20. The highest BCUT2D eigenvalue weighted by Gasteiger charge is 2.08. The Hall–Kier alpha value is -2.50. The largest absolute Gasteiger partial charge is 0.465 e. The Morgan fingerprint density at radius 1 is 1.50 bits per heavy atom. The van der Waals surface area contributed by atoms with Gasteiger partial charge < -0.3 is 20.4 Å². The fraction of sp³-hybridized carbons (Fsp3) is 0.286. The summed E-state index contributed by atoms with van der Waals surface area (Å²) in [7, 11) is 1.35. The van der Waals surface area contributed by atoms with Crippen molar-refractivity contribution in [3.63, 3.8) is 0 Å². The van der Waals surface area contributed by atoms with Crippen LogP contribution in [-0.4, -0.2) is 29.2 Å². The fourth-order valence-corrected chi connectivity index (χ4v) is 1.91. The highest BCUT2D eigenvalue weighted by molar-refractivity contribution is 5.91. The summed E-state index contributed by atoms with van der Waals surface area (Å²) < 4.78 is 6.73. The smallest absolute Gasteiger partial charge is 0.337 e. The number of carbonyl (C=O) groups is 1. The van der Waals surface area contributed by atoms with Crippen LogP contribution in [0.1, 0.15) is 16.2 Å². The summed E-state index contributed by atoms with van der Waals surface area (Å²) in [5.74, 6) is 0.585. The molecule has 0 bridgehead atoms. The molecule has 0 aliphatic rings. The van der Waals surface area contributed by atoms with Gasteiger partial charge in [-0.15, -0.1) is 0 Å². The molecule has 0 amide bonds. The molecular formula is C14H18N4O2. The van der Waals surface area contributed by atoms with E-state index in [0.717, 1.165) is 18.1 Å². The van der Waals surface area contributed by atoms with E-state index < -0.39 is 0 Å². The number of nitrogens with one attached hydrogen (secondary N) is 1. The van der Waals surface area contributed by atoms with Crippen molar-refractivity contribution < 1.29 is 9.53 Å². The molecule has 0 aliphatic heterocycles. The predicted octanol–water partition coefficient (Wildman–Crippen LogP) is 1.67. The molecule has 0 saturated heterocycles. The van der Waals surface area contributed by atoms with Crippen molar-refractivity contribution in [3.05, 3.63) is 42.0 Å². The quantitative estimate of drug-likeness (QED) is 0.640. The van der Waals surface area contributed by atoms with Crippen molar-refractivity contribution in [2.75, 3.05) is 24.7 Å². The summed E-state index contributed by atoms with van der Waals surface area (Å²) >= 11 is 0. The average molecular weight is 274 g/mol. The minimum atomic E-state index is -0.376. The van der Waals surface area contributed by atoms with Crippen LogP contribution in [0.4, 0.5) is 11.4 Å². The number of aromatic nitrogens is 2. The third kappa shape index (κ3) is 3.09. The van der Waals surface area contributed by atoms with Crippen LogP contribution in [0, 0.1) is 6.92 Å². The van der Waals surface area contributed by atoms with Crippen molar-refractivity contribution in [2.24, 2.45) is 0 Å². The zero-order valence-corrected chi connectivity index (χ0v) is 11.6. The monoisotopic (exact) mass is 274 g/mol.